The van der Waals surface area contributed by atoms with Crippen LogP contribution >= 0.6 is 0 Å². The van der Waals surface area contributed by atoms with Gasteiger partial charge in [0.15, 0.2) is 5.76 Å². The molecule has 0 aliphatic heterocycles. The van der Waals surface area contributed by atoms with Crippen molar-refractivity contribution in [1.82, 2.24) is 10.4 Å². The highest BCUT2D eigenvalue weighted by Crippen LogP contribution is 2.27. The van der Waals surface area contributed by atoms with Gasteiger partial charge in [0.25, 0.3) is 0 Å². The highest BCUT2D eigenvalue weighted by Gasteiger charge is 2.36. The number of hydrogen-bond donors (Lipinski definition) is 2. The molecular formula is C22H30N2O5. The van der Waals surface area contributed by atoms with E-state index in [1.807, 2.05) is 45.9 Å². The van der Waals surface area contributed by atoms with E-state index in [1.54, 1.807) is 12.1 Å². The molecule has 0 saturated carbocycles. The summed E-state index contributed by atoms with van der Waals surface area (Å²) in [5.74, 6) is -1.11. The van der Waals surface area contributed by atoms with Crippen molar-refractivity contribution >= 4 is 29.1 Å². The molecule has 0 saturated heterocycles. The minimum atomic E-state index is -0.817. The molecule has 7 heteroatoms. The summed E-state index contributed by atoms with van der Waals surface area (Å²) in [6, 6.07) is 8.20. The standard InChI is InChI=1S/C22H30N2O5/c1-5-6-9-16(13-24(28)14-25)21(27)23-20(22(2,3)4)19(26)18-12-15-10-7-8-11-17(15)29-18/h7-8,10-12,14,16,20,28H,5-6,9,13H2,1-4H3,(H,23,27)/t16?,20-/m1/s1. The molecule has 2 amide bonds. The lowest BCUT2D eigenvalue weighted by molar-refractivity contribution is -0.154. The first-order chi connectivity index (χ1) is 13.7. The van der Waals surface area contributed by atoms with Gasteiger partial charge in [-0.3, -0.25) is 19.6 Å². The van der Waals surface area contributed by atoms with Crippen LogP contribution in [0.25, 0.3) is 11.0 Å². The molecule has 0 bridgehead atoms. The van der Waals surface area contributed by atoms with Gasteiger partial charge in [-0.15, -0.1) is 0 Å². The highest BCUT2D eigenvalue weighted by atomic mass is 16.5. The Morgan fingerprint density at radius 2 is 1.97 bits per heavy atom. The summed E-state index contributed by atoms with van der Waals surface area (Å²) in [5.41, 5.74) is 0.0440. The number of ketones is 1. The number of furan rings is 1. The Morgan fingerprint density at radius 1 is 1.28 bits per heavy atom. The van der Waals surface area contributed by atoms with Crippen LogP contribution in [0.2, 0.25) is 0 Å². The Hall–Kier alpha value is -2.67. The average molecular weight is 402 g/mol. The molecule has 2 rings (SSSR count). The number of hydroxylamine groups is 2. The molecule has 2 aromatic rings. The van der Waals surface area contributed by atoms with Gasteiger partial charge in [0.1, 0.15) is 11.6 Å². The van der Waals surface area contributed by atoms with Gasteiger partial charge in [0.2, 0.25) is 18.1 Å². The normalized spacial score (nSPS) is 13.7. The van der Waals surface area contributed by atoms with Gasteiger partial charge in [-0.25, -0.2) is 5.06 Å². The van der Waals surface area contributed by atoms with Crippen LogP contribution in [0.15, 0.2) is 34.7 Å². The first-order valence-corrected chi connectivity index (χ1v) is 9.91. The van der Waals surface area contributed by atoms with Crippen molar-refractivity contribution in [2.45, 2.75) is 53.0 Å². The molecule has 0 aliphatic carbocycles. The number of rotatable bonds is 10. The van der Waals surface area contributed by atoms with E-state index in [0.29, 0.717) is 17.1 Å². The van der Waals surface area contributed by atoms with Gasteiger partial charge in [-0.2, -0.15) is 0 Å². The second-order valence-corrected chi connectivity index (χ2v) is 8.39. The van der Waals surface area contributed by atoms with E-state index in [9.17, 15) is 19.6 Å². The number of carbonyl (C=O) groups excluding carboxylic acids is 3. The lowest BCUT2D eigenvalue weighted by Crippen LogP contribution is -2.52. The number of nitrogens with one attached hydrogen (secondary N) is 1. The number of hydrogen-bond acceptors (Lipinski definition) is 5. The Labute approximate surface area is 171 Å². The largest absolute Gasteiger partial charge is 0.453 e. The van der Waals surface area contributed by atoms with Crippen LogP contribution < -0.4 is 5.32 Å². The maximum atomic E-state index is 13.2. The summed E-state index contributed by atoms with van der Waals surface area (Å²) in [7, 11) is 0. The molecule has 1 heterocycles. The van der Waals surface area contributed by atoms with Gasteiger partial charge >= 0.3 is 0 Å². The van der Waals surface area contributed by atoms with Crippen LogP contribution in [-0.2, 0) is 9.59 Å². The van der Waals surface area contributed by atoms with Crippen LogP contribution in [0.3, 0.4) is 0 Å². The maximum Gasteiger partial charge on any atom is 0.233 e. The number of benzene rings is 1. The van der Waals surface area contributed by atoms with E-state index in [-0.39, 0.29) is 30.4 Å². The van der Waals surface area contributed by atoms with Crippen LogP contribution in [0.5, 0.6) is 0 Å². The fraction of sp³-hybridized carbons (Fsp3) is 0.500. The van der Waals surface area contributed by atoms with Crippen LogP contribution in [0.4, 0.5) is 0 Å². The Morgan fingerprint density at radius 3 is 2.55 bits per heavy atom. The Balaban J connectivity index is 2.25. The van der Waals surface area contributed by atoms with E-state index >= 15 is 0 Å². The quantitative estimate of drug-likeness (QED) is 0.272. The number of amides is 2. The molecule has 2 N–H and O–H groups in total. The van der Waals surface area contributed by atoms with E-state index < -0.39 is 17.4 Å². The number of nitrogens with zero attached hydrogens (tertiary/aromatic N) is 1. The molecule has 7 nitrogen and oxygen atoms in total. The van der Waals surface area contributed by atoms with Crippen molar-refractivity contribution < 1.29 is 24.0 Å². The van der Waals surface area contributed by atoms with Gasteiger partial charge in [0, 0.05) is 5.39 Å². The minimum absolute atomic E-state index is 0.120. The molecule has 0 radical (unpaired) electrons. The van der Waals surface area contributed by atoms with Crippen LogP contribution in [-0.4, -0.2) is 41.0 Å². The van der Waals surface area contributed by atoms with Gasteiger partial charge in [0.05, 0.1) is 12.5 Å². The monoisotopic (exact) mass is 402 g/mol. The highest BCUT2D eigenvalue weighted by molar-refractivity contribution is 6.03. The number of para-hydroxylation sites is 1. The second-order valence-electron chi connectivity index (χ2n) is 8.39. The van der Waals surface area contributed by atoms with Gasteiger partial charge in [-0.05, 0) is 24.0 Å². The summed E-state index contributed by atoms with van der Waals surface area (Å²) in [4.78, 5) is 36.9. The minimum Gasteiger partial charge on any atom is -0.453 e. The molecule has 0 fully saturated rings. The zero-order valence-electron chi connectivity index (χ0n) is 17.5. The van der Waals surface area contributed by atoms with E-state index in [0.717, 1.165) is 18.2 Å². The SMILES string of the molecule is CCCCC(CN(O)C=O)C(=O)N[C@H](C(=O)c1cc2ccccc2o1)C(C)(C)C. The van der Waals surface area contributed by atoms with E-state index in [1.165, 1.54) is 0 Å². The maximum absolute atomic E-state index is 13.2. The molecule has 2 atom stereocenters. The number of unbranched alkanes of at least 4 members (excludes halogenated alkanes) is 1. The first kappa shape index (κ1) is 22.6. The van der Waals surface area contributed by atoms with Crippen molar-refractivity contribution in [1.29, 1.82) is 0 Å². The summed E-state index contributed by atoms with van der Waals surface area (Å²) in [6.45, 7) is 7.47. The number of carbonyl (C=O) groups is 3. The molecule has 1 aromatic carbocycles. The smallest absolute Gasteiger partial charge is 0.233 e. The van der Waals surface area contributed by atoms with E-state index in [2.05, 4.69) is 5.32 Å². The summed E-state index contributed by atoms with van der Waals surface area (Å²) in [6.07, 6.45) is 2.41. The predicted molar refractivity (Wildman–Crippen MR) is 110 cm³/mol. The average Bonchev–Trinajstić information content (AvgIpc) is 3.11. The molecule has 158 valence electrons. The van der Waals surface area contributed by atoms with Crippen molar-refractivity contribution in [2.24, 2.45) is 11.3 Å². The first-order valence-electron chi connectivity index (χ1n) is 9.91. The van der Waals surface area contributed by atoms with E-state index in [4.69, 9.17) is 4.42 Å². The number of Topliss-reactive ketones (excluding diaryl/α,β-unsaturated/α-hetero) is 1. The zero-order chi connectivity index (χ0) is 21.6. The third-order valence-corrected chi connectivity index (χ3v) is 4.89. The third-order valence-electron chi connectivity index (χ3n) is 4.89. The summed E-state index contributed by atoms with van der Waals surface area (Å²) in [5, 5.41) is 13.7. The molecule has 29 heavy (non-hydrogen) atoms. The summed E-state index contributed by atoms with van der Waals surface area (Å²) >= 11 is 0. The second kappa shape index (κ2) is 9.69. The van der Waals surface area contributed by atoms with Crippen molar-refractivity contribution in [3.8, 4) is 0 Å². The fourth-order valence-corrected chi connectivity index (χ4v) is 3.21. The fourth-order valence-electron chi connectivity index (χ4n) is 3.21. The molecular weight excluding hydrogens is 372 g/mol. The Kier molecular flexibility index (Phi) is 7.56. The Bertz CT molecular complexity index is 819. The van der Waals surface area contributed by atoms with Crippen molar-refractivity contribution in [2.75, 3.05) is 6.54 Å². The zero-order valence-corrected chi connectivity index (χ0v) is 17.5. The van der Waals surface area contributed by atoms with Crippen molar-refractivity contribution in [3.63, 3.8) is 0 Å². The van der Waals surface area contributed by atoms with Gasteiger partial charge in [-0.1, -0.05) is 58.7 Å². The molecule has 0 aliphatic rings. The topological polar surface area (TPSA) is 99.9 Å². The number of fused-ring (bicyclic) bond motifs is 1. The molecule has 0 spiro atoms. The summed E-state index contributed by atoms with van der Waals surface area (Å²) < 4.78 is 5.70. The predicted octanol–water partition coefficient (Wildman–Crippen LogP) is 3.80. The van der Waals surface area contributed by atoms with Crippen molar-refractivity contribution in [3.05, 3.63) is 36.1 Å². The lowest BCUT2D eigenvalue weighted by Gasteiger charge is -2.31. The van der Waals surface area contributed by atoms with Crippen LogP contribution in [0, 0.1) is 11.3 Å². The molecule has 1 unspecified atom stereocenters. The third kappa shape index (κ3) is 5.90. The lowest BCUT2D eigenvalue weighted by atomic mass is 9.83. The van der Waals surface area contributed by atoms with Gasteiger partial charge < -0.3 is 9.73 Å². The van der Waals surface area contributed by atoms with Crippen LogP contribution in [0.1, 0.15) is 57.5 Å². The molecule has 1 aromatic heterocycles.